The summed E-state index contributed by atoms with van der Waals surface area (Å²) < 4.78 is 6.87. The second kappa shape index (κ2) is 5.10. The molecule has 0 bridgehead atoms. The Hall–Kier alpha value is -2.54. The molecule has 7 nitrogen and oxygen atoms in total. The highest BCUT2D eigenvalue weighted by Gasteiger charge is 2.19. The van der Waals surface area contributed by atoms with Gasteiger partial charge in [0.25, 0.3) is 0 Å². The van der Waals surface area contributed by atoms with Crippen molar-refractivity contribution in [1.82, 2.24) is 25.1 Å². The summed E-state index contributed by atoms with van der Waals surface area (Å²) in [5, 5.41) is 12.0. The molecule has 2 aromatic heterocycles. The van der Waals surface area contributed by atoms with Gasteiger partial charge in [-0.15, -0.1) is 5.10 Å². The highest BCUT2D eigenvalue weighted by atomic mass is 16.5. The van der Waals surface area contributed by atoms with E-state index in [-0.39, 0.29) is 0 Å². The van der Waals surface area contributed by atoms with Gasteiger partial charge in [0.1, 0.15) is 12.2 Å². The Morgan fingerprint density at radius 3 is 2.67 bits per heavy atom. The standard InChI is InChI=1S/C14H16N6O/c1-14(2,15)11-8-20(19-17-11)9-12-16-13(18-21-12)10-6-4-3-5-7-10/h3-8H,9,15H2,1-2H3. The van der Waals surface area contributed by atoms with E-state index in [0.29, 0.717) is 24.0 Å². The molecule has 2 heterocycles. The second-order valence-electron chi connectivity index (χ2n) is 5.40. The lowest BCUT2D eigenvalue weighted by molar-refractivity contribution is 0.364. The van der Waals surface area contributed by atoms with Crippen molar-refractivity contribution in [3.8, 4) is 11.4 Å². The number of aromatic nitrogens is 5. The fourth-order valence-electron chi connectivity index (χ4n) is 1.83. The third-order valence-corrected chi connectivity index (χ3v) is 3.00. The lowest BCUT2D eigenvalue weighted by atomic mass is 10.0. The molecule has 0 saturated carbocycles. The van der Waals surface area contributed by atoms with E-state index in [9.17, 15) is 0 Å². The molecule has 0 unspecified atom stereocenters. The summed E-state index contributed by atoms with van der Waals surface area (Å²) in [7, 11) is 0. The number of hydrogen-bond acceptors (Lipinski definition) is 6. The van der Waals surface area contributed by atoms with E-state index < -0.39 is 5.54 Å². The maximum absolute atomic E-state index is 5.98. The van der Waals surface area contributed by atoms with Crippen LogP contribution in [-0.2, 0) is 12.1 Å². The van der Waals surface area contributed by atoms with Gasteiger partial charge in [0.2, 0.25) is 11.7 Å². The molecular formula is C14H16N6O. The molecule has 0 spiro atoms. The lowest BCUT2D eigenvalue weighted by Gasteiger charge is -2.13. The number of rotatable bonds is 4. The van der Waals surface area contributed by atoms with Gasteiger partial charge in [-0.05, 0) is 13.8 Å². The summed E-state index contributed by atoms with van der Waals surface area (Å²) >= 11 is 0. The van der Waals surface area contributed by atoms with E-state index in [4.69, 9.17) is 10.3 Å². The number of nitrogens with zero attached hydrogens (tertiary/aromatic N) is 5. The smallest absolute Gasteiger partial charge is 0.248 e. The molecule has 0 atom stereocenters. The third kappa shape index (κ3) is 2.97. The van der Waals surface area contributed by atoms with Crippen molar-refractivity contribution in [3.63, 3.8) is 0 Å². The topological polar surface area (TPSA) is 95.7 Å². The SMILES string of the molecule is CC(C)(N)c1cn(Cc2nc(-c3ccccc3)no2)nn1. The van der Waals surface area contributed by atoms with Crippen LogP contribution in [0.1, 0.15) is 25.4 Å². The molecule has 0 aliphatic heterocycles. The lowest BCUT2D eigenvalue weighted by Crippen LogP contribution is -2.29. The first-order valence-corrected chi connectivity index (χ1v) is 6.60. The second-order valence-corrected chi connectivity index (χ2v) is 5.40. The molecule has 0 saturated heterocycles. The largest absolute Gasteiger partial charge is 0.337 e. The molecule has 3 aromatic rings. The van der Waals surface area contributed by atoms with Crippen molar-refractivity contribution in [2.45, 2.75) is 25.9 Å². The Balaban J connectivity index is 1.77. The fourth-order valence-corrected chi connectivity index (χ4v) is 1.83. The van der Waals surface area contributed by atoms with E-state index >= 15 is 0 Å². The minimum Gasteiger partial charge on any atom is -0.337 e. The maximum Gasteiger partial charge on any atom is 0.248 e. The van der Waals surface area contributed by atoms with Gasteiger partial charge in [0.15, 0.2) is 0 Å². The molecule has 0 radical (unpaired) electrons. The predicted molar refractivity (Wildman–Crippen MR) is 76.1 cm³/mol. The van der Waals surface area contributed by atoms with E-state index in [2.05, 4.69) is 20.5 Å². The Labute approximate surface area is 121 Å². The van der Waals surface area contributed by atoms with Crippen molar-refractivity contribution >= 4 is 0 Å². The quantitative estimate of drug-likeness (QED) is 0.781. The molecule has 3 rings (SSSR count). The van der Waals surface area contributed by atoms with E-state index in [1.54, 1.807) is 10.9 Å². The van der Waals surface area contributed by atoms with Crippen LogP contribution in [0.3, 0.4) is 0 Å². The molecule has 21 heavy (non-hydrogen) atoms. The average Bonchev–Trinajstić information content (AvgIpc) is 3.09. The van der Waals surface area contributed by atoms with Gasteiger partial charge in [0.05, 0.1) is 11.7 Å². The van der Waals surface area contributed by atoms with Crippen LogP contribution in [-0.4, -0.2) is 25.1 Å². The summed E-state index contributed by atoms with van der Waals surface area (Å²) in [6.07, 6.45) is 1.78. The predicted octanol–water partition coefficient (Wildman–Crippen LogP) is 1.57. The molecule has 108 valence electrons. The van der Waals surface area contributed by atoms with E-state index in [1.165, 1.54) is 0 Å². The Bertz CT molecular complexity index is 725. The van der Waals surface area contributed by atoms with Gasteiger partial charge >= 0.3 is 0 Å². The molecule has 7 heteroatoms. The summed E-state index contributed by atoms with van der Waals surface area (Å²) in [5.74, 6) is 1.03. The van der Waals surface area contributed by atoms with Gasteiger partial charge < -0.3 is 10.3 Å². The van der Waals surface area contributed by atoms with Crippen molar-refractivity contribution in [3.05, 3.63) is 48.1 Å². The zero-order valence-corrected chi connectivity index (χ0v) is 11.9. The van der Waals surface area contributed by atoms with Crippen LogP contribution in [0.15, 0.2) is 41.1 Å². The minimum absolute atomic E-state index is 0.364. The highest BCUT2D eigenvalue weighted by Crippen LogP contribution is 2.16. The summed E-state index contributed by atoms with van der Waals surface area (Å²) in [4.78, 5) is 4.35. The molecule has 2 N–H and O–H groups in total. The average molecular weight is 284 g/mol. The minimum atomic E-state index is -0.526. The molecular weight excluding hydrogens is 268 g/mol. The van der Waals surface area contributed by atoms with Crippen LogP contribution < -0.4 is 5.73 Å². The zero-order chi connectivity index (χ0) is 14.9. The van der Waals surface area contributed by atoms with Crippen molar-refractivity contribution in [2.24, 2.45) is 5.73 Å². The van der Waals surface area contributed by atoms with E-state index in [0.717, 1.165) is 5.56 Å². The van der Waals surface area contributed by atoms with Crippen LogP contribution in [0.25, 0.3) is 11.4 Å². The summed E-state index contributed by atoms with van der Waals surface area (Å²) in [6, 6.07) is 9.66. The first-order valence-electron chi connectivity index (χ1n) is 6.60. The monoisotopic (exact) mass is 284 g/mol. The number of nitrogens with two attached hydrogens (primary N) is 1. The number of hydrogen-bond donors (Lipinski definition) is 1. The normalized spacial score (nSPS) is 11.8. The Morgan fingerprint density at radius 2 is 2.00 bits per heavy atom. The van der Waals surface area contributed by atoms with Gasteiger partial charge in [-0.2, -0.15) is 4.98 Å². The molecule has 0 aliphatic rings. The van der Waals surface area contributed by atoms with Crippen LogP contribution in [0.5, 0.6) is 0 Å². The van der Waals surface area contributed by atoms with E-state index in [1.807, 2.05) is 44.2 Å². The van der Waals surface area contributed by atoms with Gasteiger partial charge in [-0.25, -0.2) is 4.68 Å². The molecule has 0 amide bonds. The summed E-state index contributed by atoms with van der Waals surface area (Å²) in [5.41, 5.74) is 7.08. The number of benzene rings is 1. The third-order valence-electron chi connectivity index (χ3n) is 3.00. The van der Waals surface area contributed by atoms with Gasteiger partial charge in [-0.1, -0.05) is 40.7 Å². The van der Waals surface area contributed by atoms with Crippen LogP contribution in [0.4, 0.5) is 0 Å². The molecule has 1 aromatic carbocycles. The maximum atomic E-state index is 5.98. The Morgan fingerprint density at radius 1 is 1.24 bits per heavy atom. The Kier molecular flexibility index (Phi) is 3.26. The van der Waals surface area contributed by atoms with Crippen molar-refractivity contribution < 1.29 is 4.52 Å². The van der Waals surface area contributed by atoms with Crippen LogP contribution >= 0.6 is 0 Å². The van der Waals surface area contributed by atoms with Gasteiger partial charge in [0, 0.05) is 5.56 Å². The molecule has 0 fully saturated rings. The highest BCUT2D eigenvalue weighted by molar-refractivity contribution is 5.53. The van der Waals surface area contributed by atoms with Crippen LogP contribution in [0, 0.1) is 0 Å². The zero-order valence-electron chi connectivity index (χ0n) is 11.9. The first-order chi connectivity index (χ1) is 10.0. The fraction of sp³-hybridized carbons (Fsp3) is 0.286. The van der Waals surface area contributed by atoms with Crippen LogP contribution in [0.2, 0.25) is 0 Å². The van der Waals surface area contributed by atoms with Crippen molar-refractivity contribution in [1.29, 1.82) is 0 Å². The first kappa shape index (κ1) is 13.4. The van der Waals surface area contributed by atoms with Gasteiger partial charge in [-0.3, -0.25) is 0 Å². The summed E-state index contributed by atoms with van der Waals surface area (Å²) in [6.45, 7) is 4.12. The van der Waals surface area contributed by atoms with Crippen molar-refractivity contribution in [2.75, 3.05) is 0 Å². The molecule has 0 aliphatic carbocycles.